The molecule has 0 aliphatic carbocycles. The number of hydrogen-bond donors (Lipinski definition) is 1. The zero-order valence-electron chi connectivity index (χ0n) is 11.7. The van der Waals surface area contributed by atoms with Crippen molar-refractivity contribution in [2.24, 2.45) is 11.1 Å². The molecule has 1 fully saturated rings. The van der Waals surface area contributed by atoms with E-state index in [1.54, 1.807) is 16.4 Å². The predicted molar refractivity (Wildman–Crippen MR) is 86.0 cm³/mol. The topological polar surface area (TPSA) is 63.4 Å². The molecule has 1 aromatic rings. The quantitative estimate of drug-likeness (QED) is 0.856. The molecular weight excluding hydrogens is 316 g/mol. The SMILES string of the molecule is CSc1ccccc1S(=O)(=O)N1CCC(C)(CN)C1.Cl. The molecular formula is C13H21ClN2O2S2. The Morgan fingerprint density at radius 3 is 2.60 bits per heavy atom. The molecule has 4 nitrogen and oxygen atoms in total. The number of halogens is 1. The van der Waals surface area contributed by atoms with Gasteiger partial charge in [0.15, 0.2) is 0 Å². The number of thioether (sulfide) groups is 1. The van der Waals surface area contributed by atoms with Crippen molar-refractivity contribution in [2.75, 3.05) is 25.9 Å². The van der Waals surface area contributed by atoms with Gasteiger partial charge in [-0.2, -0.15) is 4.31 Å². The zero-order chi connectivity index (χ0) is 14.1. The zero-order valence-corrected chi connectivity index (χ0v) is 14.2. The minimum atomic E-state index is -3.41. The van der Waals surface area contributed by atoms with Gasteiger partial charge in [-0.25, -0.2) is 8.42 Å². The van der Waals surface area contributed by atoms with E-state index in [2.05, 4.69) is 0 Å². The number of nitrogens with two attached hydrogens (primary N) is 1. The minimum Gasteiger partial charge on any atom is -0.330 e. The van der Waals surface area contributed by atoms with Gasteiger partial charge in [-0.1, -0.05) is 19.1 Å². The van der Waals surface area contributed by atoms with Crippen LogP contribution in [0.1, 0.15) is 13.3 Å². The van der Waals surface area contributed by atoms with Gasteiger partial charge < -0.3 is 5.73 Å². The summed E-state index contributed by atoms with van der Waals surface area (Å²) in [6.07, 6.45) is 2.71. The van der Waals surface area contributed by atoms with Gasteiger partial charge in [-0.05, 0) is 36.8 Å². The Kier molecular flexibility index (Phi) is 5.92. The highest BCUT2D eigenvalue weighted by atomic mass is 35.5. The van der Waals surface area contributed by atoms with E-state index in [0.29, 0.717) is 24.5 Å². The lowest BCUT2D eigenvalue weighted by atomic mass is 9.90. The second kappa shape index (κ2) is 6.66. The van der Waals surface area contributed by atoms with Crippen LogP contribution in [0.4, 0.5) is 0 Å². The third kappa shape index (κ3) is 3.31. The van der Waals surface area contributed by atoms with Crippen molar-refractivity contribution in [3.05, 3.63) is 24.3 Å². The number of sulfonamides is 1. The lowest BCUT2D eigenvalue weighted by Crippen LogP contribution is -2.34. The second-order valence-electron chi connectivity index (χ2n) is 5.25. The Bertz CT molecular complexity index is 565. The van der Waals surface area contributed by atoms with Gasteiger partial charge >= 0.3 is 0 Å². The molecule has 7 heteroatoms. The van der Waals surface area contributed by atoms with Crippen LogP contribution in [0.5, 0.6) is 0 Å². The molecule has 1 aliphatic rings. The number of nitrogens with zero attached hydrogens (tertiary/aromatic N) is 1. The Hall–Kier alpha value is -0.270. The molecule has 1 heterocycles. The summed E-state index contributed by atoms with van der Waals surface area (Å²) in [5.41, 5.74) is 5.65. The smallest absolute Gasteiger partial charge is 0.244 e. The van der Waals surface area contributed by atoms with Crippen LogP contribution in [-0.4, -0.2) is 38.6 Å². The van der Waals surface area contributed by atoms with Crippen molar-refractivity contribution < 1.29 is 8.42 Å². The van der Waals surface area contributed by atoms with Gasteiger partial charge in [0.25, 0.3) is 0 Å². The molecule has 1 aliphatic heterocycles. The number of hydrogen-bond acceptors (Lipinski definition) is 4. The van der Waals surface area contributed by atoms with Gasteiger partial charge in [-0.3, -0.25) is 0 Å². The van der Waals surface area contributed by atoms with Crippen molar-refractivity contribution in [2.45, 2.75) is 23.1 Å². The molecule has 0 radical (unpaired) electrons. The second-order valence-corrected chi connectivity index (χ2v) is 8.01. The molecule has 0 bridgehead atoms. The van der Waals surface area contributed by atoms with Gasteiger partial charge in [0, 0.05) is 18.0 Å². The average molecular weight is 337 g/mol. The van der Waals surface area contributed by atoms with Gasteiger partial charge in [-0.15, -0.1) is 24.2 Å². The van der Waals surface area contributed by atoms with Crippen LogP contribution in [0.15, 0.2) is 34.1 Å². The fourth-order valence-corrected chi connectivity index (χ4v) is 5.04. The standard InChI is InChI=1S/C13H20N2O2S2.ClH/c1-13(9-14)7-8-15(10-13)19(16,17)12-6-4-3-5-11(12)18-2;/h3-6H,7-10,14H2,1-2H3;1H. The number of rotatable bonds is 4. The summed E-state index contributed by atoms with van der Waals surface area (Å²) in [6, 6.07) is 7.15. The van der Waals surface area contributed by atoms with Crippen molar-refractivity contribution in [3.8, 4) is 0 Å². The first kappa shape index (κ1) is 17.8. The maximum atomic E-state index is 12.7. The highest BCUT2D eigenvalue weighted by molar-refractivity contribution is 7.99. The average Bonchev–Trinajstić information content (AvgIpc) is 2.83. The molecule has 1 saturated heterocycles. The third-order valence-corrected chi connectivity index (χ3v) is 6.53. The fraction of sp³-hybridized carbons (Fsp3) is 0.538. The minimum absolute atomic E-state index is 0. The van der Waals surface area contributed by atoms with Crippen molar-refractivity contribution in [3.63, 3.8) is 0 Å². The van der Waals surface area contributed by atoms with E-state index in [1.807, 2.05) is 25.3 Å². The molecule has 0 spiro atoms. The van der Waals surface area contributed by atoms with Crippen LogP contribution in [0.2, 0.25) is 0 Å². The highest BCUT2D eigenvalue weighted by Crippen LogP contribution is 2.34. The van der Waals surface area contributed by atoms with Crippen LogP contribution in [0.25, 0.3) is 0 Å². The summed E-state index contributed by atoms with van der Waals surface area (Å²) in [4.78, 5) is 1.20. The summed E-state index contributed by atoms with van der Waals surface area (Å²) in [5, 5.41) is 0. The molecule has 2 rings (SSSR count). The van der Waals surface area contributed by atoms with E-state index >= 15 is 0 Å². The van der Waals surface area contributed by atoms with Gasteiger partial charge in [0.1, 0.15) is 0 Å². The maximum absolute atomic E-state index is 12.7. The third-order valence-electron chi connectivity index (χ3n) is 3.70. The fourth-order valence-electron chi connectivity index (χ4n) is 2.32. The monoisotopic (exact) mass is 336 g/mol. The summed E-state index contributed by atoms with van der Waals surface area (Å²) in [7, 11) is -3.41. The molecule has 20 heavy (non-hydrogen) atoms. The van der Waals surface area contributed by atoms with Crippen molar-refractivity contribution in [1.29, 1.82) is 0 Å². The van der Waals surface area contributed by atoms with Crippen LogP contribution >= 0.6 is 24.2 Å². The Balaban J connectivity index is 0.00000200. The molecule has 1 atom stereocenters. The largest absolute Gasteiger partial charge is 0.330 e. The number of benzene rings is 1. The molecule has 1 aromatic carbocycles. The van der Waals surface area contributed by atoms with E-state index < -0.39 is 10.0 Å². The van der Waals surface area contributed by atoms with Crippen LogP contribution in [0.3, 0.4) is 0 Å². The van der Waals surface area contributed by atoms with Crippen molar-refractivity contribution >= 4 is 34.2 Å². The van der Waals surface area contributed by atoms with Gasteiger partial charge in [0.05, 0.1) is 4.90 Å². The molecule has 0 aromatic heterocycles. The molecule has 114 valence electrons. The summed E-state index contributed by atoms with van der Waals surface area (Å²) in [6.45, 7) is 3.62. The lowest BCUT2D eigenvalue weighted by molar-refractivity contribution is 0.349. The maximum Gasteiger partial charge on any atom is 0.244 e. The van der Waals surface area contributed by atoms with E-state index in [1.165, 1.54) is 11.8 Å². The van der Waals surface area contributed by atoms with Crippen LogP contribution in [-0.2, 0) is 10.0 Å². The molecule has 0 amide bonds. The summed E-state index contributed by atoms with van der Waals surface area (Å²) < 4.78 is 26.9. The molecule has 0 saturated carbocycles. The Morgan fingerprint density at radius 1 is 1.40 bits per heavy atom. The predicted octanol–water partition coefficient (Wildman–Crippen LogP) is 2.19. The Labute approximate surface area is 131 Å². The molecule has 1 unspecified atom stereocenters. The highest BCUT2D eigenvalue weighted by Gasteiger charge is 2.39. The first-order valence-corrected chi connectivity index (χ1v) is 8.93. The summed E-state index contributed by atoms with van der Waals surface area (Å²) in [5.74, 6) is 0. The van der Waals surface area contributed by atoms with Crippen LogP contribution < -0.4 is 5.73 Å². The van der Waals surface area contributed by atoms with E-state index in [9.17, 15) is 8.42 Å². The van der Waals surface area contributed by atoms with Crippen LogP contribution in [0, 0.1) is 5.41 Å². The summed E-state index contributed by atoms with van der Waals surface area (Å²) >= 11 is 1.46. The normalized spacial score (nSPS) is 23.6. The first-order chi connectivity index (χ1) is 8.93. The Morgan fingerprint density at radius 2 is 2.05 bits per heavy atom. The van der Waals surface area contributed by atoms with E-state index in [-0.39, 0.29) is 17.8 Å². The van der Waals surface area contributed by atoms with Crippen molar-refractivity contribution in [1.82, 2.24) is 4.31 Å². The van der Waals surface area contributed by atoms with E-state index in [4.69, 9.17) is 5.73 Å². The van der Waals surface area contributed by atoms with Gasteiger partial charge in [0.2, 0.25) is 10.0 Å². The molecule has 2 N–H and O–H groups in total. The first-order valence-electron chi connectivity index (χ1n) is 6.26. The lowest BCUT2D eigenvalue weighted by Gasteiger charge is -2.23. The van der Waals surface area contributed by atoms with E-state index in [0.717, 1.165) is 11.3 Å².